The Morgan fingerprint density at radius 3 is 2.35 bits per heavy atom. The molecule has 0 saturated heterocycles. The summed E-state index contributed by atoms with van der Waals surface area (Å²) in [5.74, 6) is 0. The molecule has 0 bridgehead atoms. The largest absolute Gasteiger partial charge is 0.338 e. The van der Waals surface area contributed by atoms with Gasteiger partial charge < -0.3 is 13.8 Å². The van der Waals surface area contributed by atoms with E-state index in [9.17, 15) is 9.36 Å². The summed E-state index contributed by atoms with van der Waals surface area (Å²) in [6.45, 7) is 4.20. The molecule has 0 amide bonds. The Balaban J connectivity index is 2.56. The van der Waals surface area contributed by atoms with E-state index in [0.29, 0.717) is 26.1 Å². The van der Waals surface area contributed by atoms with Crippen molar-refractivity contribution in [1.29, 1.82) is 0 Å². The topological polar surface area (TPSA) is 52.6 Å². The van der Waals surface area contributed by atoms with Crippen LogP contribution in [0.5, 0.6) is 0 Å². The Morgan fingerprint density at radius 2 is 1.70 bits per heavy atom. The van der Waals surface area contributed by atoms with E-state index in [4.69, 9.17) is 9.05 Å². The van der Waals surface area contributed by atoms with E-state index >= 15 is 0 Å². The van der Waals surface area contributed by atoms with E-state index in [2.05, 4.69) is 0 Å². The third-order valence-corrected chi connectivity index (χ3v) is 6.28. The van der Waals surface area contributed by atoms with E-state index in [0.717, 1.165) is 22.6 Å². The minimum absolute atomic E-state index is 0.305. The number of carbonyl (C=O) groups is 1. The van der Waals surface area contributed by atoms with Gasteiger partial charge in [0.25, 0.3) is 0 Å². The van der Waals surface area contributed by atoms with Crippen LogP contribution in [-0.4, -0.2) is 19.5 Å². The lowest BCUT2D eigenvalue weighted by Gasteiger charge is -2.27. The van der Waals surface area contributed by atoms with Gasteiger partial charge in [-0.15, -0.1) is 0 Å². The van der Waals surface area contributed by atoms with Crippen molar-refractivity contribution in [3.63, 3.8) is 0 Å². The van der Waals surface area contributed by atoms with Crippen molar-refractivity contribution < 1.29 is 18.4 Å². The summed E-state index contributed by atoms with van der Waals surface area (Å²) in [5.41, 5.74) is 0.467. The maximum absolute atomic E-state index is 13.3. The zero-order valence-electron chi connectivity index (χ0n) is 13.6. The molecule has 124 valence electrons. The summed E-state index contributed by atoms with van der Waals surface area (Å²) in [6, 6.07) is 13.8. The minimum atomic E-state index is -3.34. The van der Waals surface area contributed by atoms with Crippen LogP contribution >= 0.6 is 7.60 Å². The van der Waals surface area contributed by atoms with Gasteiger partial charge in [0.1, 0.15) is 6.29 Å². The molecule has 2 aromatic rings. The molecule has 0 saturated carbocycles. The zero-order chi connectivity index (χ0) is 16.7. The van der Waals surface area contributed by atoms with Crippen LogP contribution in [0.2, 0.25) is 0 Å². The maximum Gasteiger partial charge on any atom is 0.338 e. The standard InChI is InChI=1S/C18H23O4P/c1-3-21-23(20,22-4-2)18(13-8-14-19)17-12-7-10-15-9-5-6-11-16(15)17/h5-7,9-12,14,18H,3-4,8,13H2,1-2H3/t18-/m0/s1. The SMILES string of the molecule is CCOP(=O)(OCC)[C@@H](CCC=O)c1cccc2ccccc12. The van der Waals surface area contributed by atoms with Crippen LogP contribution in [0.1, 0.15) is 37.9 Å². The first-order chi connectivity index (χ1) is 11.2. The highest BCUT2D eigenvalue weighted by molar-refractivity contribution is 7.54. The van der Waals surface area contributed by atoms with Gasteiger partial charge in [-0.2, -0.15) is 0 Å². The van der Waals surface area contributed by atoms with Gasteiger partial charge in [0.15, 0.2) is 0 Å². The molecule has 2 aromatic carbocycles. The number of benzene rings is 2. The van der Waals surface area contributed by atoms with Gasteiger partial charge in [-0.05, 0) is 36.6 Å². The first-order valence-corrected chi connectivity index (χ1v) is 9.57. The summed E-state index contributed by atoms with van der Waals surface area (Å²) in [6.07, 6.45) is 1.60. The molecule has 0 N–H and O–H groups in total. The molecule has 0 aromatic heterocycles. The van der Waals surface area contributed by atoms with E-state index < -0.39 is 13.3 Å². The van der Waals surface area contributed by atoms with Crippen LogP contribution in [0.3, 0.4) is 0 Å². The summed E-state index contributed by atoms with van der Waals surface area (Å²) in [7, 11) is -3.34. The minimum Gasteiger partial charge on any atom is -0.308 e. The van der Waals surface area contributed by atoms with Gasteiger partial charge in [-0.3, -0.25) is 4.57 Å². The molecule has 2 rings (SSSR count). The molecule has 5 heteroatoms. The lowest BCUT2D eigenvalue weighted by Crippen LogP contribution is -2.08. The second-order valence-corrected chi connectivity index (χ2v) is 7.42. The second kappa shape index (κ2) is 8.39. The first-order valence-electron chi connectivity index (χ1n) is 7.96. The van der Waals surface area contributed by atoms with Crippen LogP contribution in [0, 0.1) is 0 Å². The van der Waals surface area contributed by atoms with Crippen molar-refractivity contribution in [1.82, 2.24) is 0 Å². The lowest BCUT2D eigenvalue weighted by atomic mass is 10.00. The predicted molar refractivity (Wildman–Crippen MR) is 92.8 cm³/mol. The van der Waals surface area contributed by atoms with Crippen molar-refractivity contribution in [2.75, 3.05) is 13.2 Å². The Labute approximate surface area is 137 Å². The first kappa shape index (κ1) is 17.9. The average molecular weight is 334 g/mol. The normalized spacial score (nSPS) is 13.1. The fourth-order valence-electron chi connectivity index (χ4n) is 2.83. The molecular weight excluding hydrogens is 311 g/mol. The highest BCUT2D eigenvalue weighted by Crippen LogP contribution is 2.63. The van der Waals surface area contributed by atoms with Crippen molar-refractivity contribution in [3.05, 3.63) is 48.0 Å². The number of hydrogen-bond donors (Lipinski definition) is 0. The van der Waals surface area contributed by atoms with Crippen LogP contribution in [0.15, 0.2) is 42.5 Å². The van der Waals surface area contributed by atoms with Crippen molar-refractivity contribution in [2.45, 2.75) is 32.3 Å². The molecule has 1 atom stereocenters. The van der Waals surface area contributed by atoms with Gasteiger partial charge in [0.05, 0.1) is 18.9 Å². The fourth-order valence-corrected chi connectivity index (χ4v) is 5.01. The highest BCUT2D eigenvalue weighted by atomic mass is 31.2. The Morgan fingerprint density at radius 1 is 1.04 bits per heavy atom. The highest BCUT2D eigenvalue weighted by Gasteiger charge is 2.37. The third kappa shape index (κ3) is 4.08. The quantitative estimate of drug-likeness (QED) is 0.471. The molecule has 0 aliphatic rings. The molecule has 0 spiro atoms. The number of carbonyl (C=O) groups excluding carboxylic acids is 1. The fraction of sp³-hybridized carbons (Fsp3) is 0.389. The van der Waals surface area contributed by atoms with Crippen LogP contribution < -0.4 is 0 Å². The van der Waals surface area contributed by atoms with Crippen LogP contribution in [0.25, 0.3) is 10.8 Å². The predicted octanol–water partition coefficient (Wildman–Crippen LogP) is 5.13. The zero-order valence-corrected chi connectivity index (χ0v) is 14.5. The van der Waals surface area contributed by atoms with Crippen LogP contribution in [0.4, 0.5) is 0 Å². The Bertz CT molecular complexity index is 683. The smallest absolute Gasteiger partial charge is 0.308 e. The second-order valence-electron chi connectivity index (χ2n) is 5.20. The lowest BCUT2D eigenvalue weighted by molar-refractivity contribution is -0.107. The van der Waals surface area contributed by atoms with E-state index in [1.807, 2.05) is 42.5 Å². The maximum atomic E-state index is 13.3. The van der Waals surface area contributed by atoms with Crippen LogP contribution in [-0.2, 0) is 18.4 Å². The molecule has 0 heterocycles. The van der Waals surface area contributed by atoms with Crippen molar-refractivity contribution in [2.24, 2.45) is 0 Å². The van der Waals surface area contributed by atoms with Crippen molar-refractivity contribution >= 4 is 24.7 Å². The molecule has 0 radical (unpaired) electrons. The number of aldehydes is 1. The summed E-state index contributed by atoms with van der Waals surface area (Å²) < 4.78 is 24.4. The van der Waals surface area contributed by atoms with Gasteiger partial charge in [0.2, 0.25) is 0 Å². The van der Waals surface area contributed by atoms with Crippen molar-refractivity contribution in [3.8, 4) is 0 Å². The van der Waals surface area contributed by atoms with E-state index in [1.54, 1.807) is 13.8 Å². The Kier molecular flexibility index (Phi) is 6.52. The Hall–Kier alpha value is -1.48. The molecule has 4 nitrogen and oxygen atoms in total. The average Bonchev–Trinajstić information content (AvgIpc) is 2.56. The summed E-state index contributed by atoms with van der Waals surface area (Å²) in [5, 5.41) is 2.09. The summed E-state index contributed by atoms with van der Waals surface area (Å²) in [4.78, 5) is 10.9. The monoisotopic (exact) mass is 334 g/mol. The van der Waals surface area contributed by atoms with Gasteiger partial charge >= 0.3 is 7.60 Å². The number of hydrogen-bond acceptors (Lipinski definition) is 4. The molecule has 0 aliphatic heterocycles. The summed E-state index contributed by atoms with van der Waals surface area (Å²) >= 11 is 0. The molecular formula is C18H23O4P. The number of fused-ring (bicyclic) bond motifs is 1. The van der Waals surface area contributed by atoms with Gasteiger partial charge in [-0.1, -0.05) is 42.5 Å². The molecule has 23 heavy (non-hydrogen) atoms. The number of rotatable bonds is 9. The molecule has 0 fully saturated rings. The molecule has 0 aliphatic carbocycles. The third-order valence-electron chi connectivity index (χ3n) is 3.74. The molecule has 0 unspecified atom stereocenters. The van der Waals surface area contributed by atoms with E-state index in [1.165, 1.54) is 0 Å². The van der Waals surface area contributed by atoms with Gasteiger partial charge in [0, 0.05) is 6.42 Å². The van der Waals surface area contributed by atoms with Gasteiger partial charge in [-0.25, -0.2) is 0 Å². The van der Waals surface area contributed by atoms with E-state index in [-0.39, 0.29) is 0 Å².